The van der Waals surface area contributed by atoms with Crippen LogP contribution >= 0.6 is 0 Å². The second-order valence-electron chi connectivity index (χ2n) is 9.65. The van der Waals surface area contributed by atoms with E-state index in [1.165, 1.54) is 18.4 Å². The maximum Gasteiger partial charge on any atom is 0.251 e. The molecule has 2 aromatic carbocycles. The summed E-state index contributed by atoms with van der Waals surface area (Å²) in [6, 6.07) is 16.6. The fourth-order valence-electron chi connectivity index (χ4n) is 4.70. The van der Waals surface area contributed by atoms with E-state index in [-0.39, 0.29) is 5.91 Å². The molecule has 1 heterocycles. The Morgan fingerprint density at radius 1 is 1.00 bits per heavy atom. The summed E-state index contributed by atoms with van der Waals surface area (Å²) in [5.74, 6) is 2.17. The molecular formula is C28H37N5O. The van der Waals surface area contributed by atoms with Crippen molar-refractivity contribution >= 4 is 28.6 Å². The lowest BCUT2D eigenvalue weighted by molar-refractivity contribution is 0.0943. The third-order valence-corrected chi connectivity index (χ3v) is 6.77. The summed E-state index contributed by atoms with van der Waals surface area (Å²) in [6.07, 6.45) is 7.74. The van der Waals surface area contributed by atoms with Crippen LogP contribution in [0.1, 0.15) is 61.4 Å². The number of aromatic nitrogens is 2. The molecule has 1 amide bonds. The van der Waals surface area contributed by atoms with Crippen LogP contribution in [0.5, 0.6) is 0 Å². The Morgan fingerprint density at radius 3 is 2.44 bits per heavy atom. The van der Waals surface area contributed by atoms with E-state index in [2.05, 4.69) is 35.8 Å². The first-order chi connectivity index (χ1) is 16.5. The molecule has 0 spiro atoms. The van der Waals surface area contributed by atoms with Crippen molar-refractivity contribution in [3.05, 3.63) is 59.7 Å². The van der Waals surface area contributed by atoms with Crippen LogP contribution in [0.25, 0.3) is 10.9 Å². The molecule has 180 valence electrons. The SMILES string of the molecule is CCCCc1ccc(C(=O)NC[C@H]2CC[C@@H](Nc3nc(N(C)C)c4ccccc4n3)CC2)cc1. The summed E-state index contributed by atoms with van der Waals surface area (Å²) in [5, 5.41) is 7.77. The lowest BCUT2D eigenvalue weighted by atomic mass is 9.86. The number of amides is 1. The first-order valence-electron chi connectivity index (χ1n) is 12.6. The predicted octanol–water partition coefficient (Wildman–Crippen LogP) is 5.44. The number of nitrogens with one attached hydrogen (secondary N) is 2. The van der Waals surface area contributed by atoms with Crippen molar-refractivity contribution in [3.63, 3.8) is 0 Å². The summed E-state index contributed by atoms with van der Waals surface area (Å²) in [5.41, 5.74) is 3.01. The molecule has 1 fully saturated rings. The van der Waals surface area contributed by atoms with Gasteiger partial charge in [-0.1, -0.05) is 37.6 Å². The average molecular weight is 460 g/mol. The van der Waals surface area contributed by atoms with Crippen molar-refractivity contribution in [2.24, 2.45) is 5.92 Å². The second kappa shape index (κ2) is 11.3. The van der Waals surface area contributed by atoms with Crippen LogP contribution in [-0.4, -0.2) is 42.6 Å². The molecule has 0 radical (unpaired) electrons. The molecule has 0 aliphatic heterocycles. The number of aryl methyl sites for hydroxylation is 1. The number of nitrogens with zero attached hydrogens (tertiary/aromatic N) is 3. The number of unbranched alkanes of at least 4 members (excludes halogenated alkanes) is 1. The van der Waals surface area contributed by atoms with E-state index >= 15 is 0 Å². The van der Waals surface area contributed by atoms with Crippen LogP contribution in [0.4, 0.5) is 11.8 Å². The Hall–Kier alpha value is -3.15. The van der Waals surface area contributed by atoms with Gasteiger partial charge in [0.05, 0.1) is 5.52 Å². The van der Waals surface area contributed by atoms with Gasteiger partial charge in [-0.25, -0.2) is 4.98 Å². The predicted molar refractivity (Wildman–Crippen MR) is 141 cm³/mol. The monoisotopic (exact) mass is 459 g/mol. The van der Waals surface area contributed by atoms with Crippen LogP contribution in [0, 0.1) is 5.92 Å². The van der Waals surface area contributed by atoms with Gasteiger partial charge in [-0.15, -0.1) is 0 Å². The van der Waals surface area contributed by atoms with Gasteiger partial charge in [0.1, 0.15) is 5.82 Å². The van der Waals surface area contributed by atoms with Crippen molar-refractivity contribution in [2.45, 2.75) is 57.9 Å². The molecule has 0 bridgehead atoms. The van der Waals surface area contributed by atoms with Crippen molar-refractivity contribution < 1.29 is 4.79 Å². The fraction of sp³-hybridized carbons (Fsp3) is 0.464. The van der Waals surface area contributed by atoms with Crippen LogP contribution in [-0.2, 0) is 6.42 Å². The van der Waals surface area contributed by atoms with E-state index in [1.54, 1.807) is 0 Å². The lowest BCUT2D eigenvalue weighted by Crippen LogP contribution is -2.34. The van der Waals surface area contributed by atoms with Gasteiger partial charge in [0.15, 0.2) is 0 Å². The average Bonchev–Trinajstić information content (AvgIpc) is 2.86. The summed E-state index contributed by atoms with van der Waals surface area (Å²) in [6.45, 7) is 2.93. The first kappa shape index (κ1) is 24.0. The number of carbonyl (C=O) groups is 1. The van der Waals surface area contributed by atoms with Crippen molar-refractivity contribution in [2.75, 3.05) is 30.9 Å². The van der Waals surface area contributed by atoms with Crippen LogP contribution < -0.4 is 15.5 Å². The maximum absolute atomic E-state index is 12.6. The van der Waals surface area contributed by atoms with Gasteiger partial charge in [-0.2, -0.15) is 4.98 Å². The fourth-order valence-corrected chi connectivity index (χ4v) is 4.70. The molecule has 4 rings (SSSR count). The zero-order valence-corrected chi connectivity index (χ0v) is 20.7. The van der Waals surface area contributed by atoms with Gasteiger partial charge in [0.2, 0.25) is 5.95 Å². The highest BCUT2D eigenvalue weighted by molar-refractivity contribution is 5.94. The van der Waals surface area contributed by atoms with Crippen LogP contribution in [0.2, 0.25) is 0 Å². The molecule has 0 atom stereocenters. The molecule has 34 heavy (non-hydrogen) atoms. The highest BCUT2D eigenvalue weighted by Gasteiger charge is 2.23. The quantitative estimate of drug-likeness (QED) is 0.446. The molecule has 1 saturated carbocycles. The maximum atomic E-state index is 12.6. The Morgan fingerprint density at radius 2 is 1.74 bits per heavy atom. The topological polar surface area (TPSA) is 70.2 Å². The van der Waals surface area contributed by atoms with Gasteiger partial charge in [0, 0.05) is 37.6 Å². The third kappa shape index (κ3) is 6.04. The number of anilines is 2. The normalized spacial score (nSPS) is 18.0. The van der Waals surface area contributed by atoms with Gasteiger partial charge in [-0.05, 0) is 74.3 Å². The number of hydrogen-bond donors (Lipinski definition) is 2. The van der Waals surface area contributed by atoms with Crippen LogP contribution in [0.15, 0.2) is 48.5 Å². The molecule has 0 unspecified atom stereocenters. The van der Waals surface area contributed by atoms with E-state index in [9.17, 15) is 4.79 Å². The molecule has 1 aliphatic carbocycles. The highest BCUT2D eigenvalue weighted by atomic mass is 16.1. The summed E-state index contributed by atoms with van der Waals surface area (Å²) >= 11 is 0. The number of carbonyl (C=O) groups excluding carboxylic acids is 1. The molecule has 3 aromatic rings. The number of hydrogen-bond acceptors (Lipinski definition) is 5. The Balaban J connectivity index is 1.26. The summed E-state index contributed by atoms with van der Waals surface area (Å²) in [7, 11) is 4.03. The Labute approximate surface area is 203 Å². The smallest absolute Gasteiger partial charge is 0.251 e. The highest BCUT2D eigenvalue weighted by Crippen LogP contribution is 2.28. The molecule has 0 saturated heterocycles. The molecular weight excluding hydrogens is 422 g/mol. The number of para-hydroxylation sites is 1. The van der Waals surface area contributed by atoms with E-state index in [1.807, 2.05) is 49.3 Å². The number of fused-ring (bicyclic) bond motifs is 1. The van der Waals surface area contributed by atoms with Gasteiger partial charge < -0.3 is 15.5 Å². The minimum absolute atomic E-state index is 0.0306. The largest absolute Gasteiger partial charge is 0.362 e. The summed E-state index contributed by atoms with van der Waals surface area (Å²) in [4.78, 5) is 24.1. The van der Waals surface area contributed by atoms with Gasteiger partial charge >= 0.3 is 0 Å². The van der Waals surface area contributed by atoms with Gasteiger partial charge in [-0.3, -0.25) is 4.79 Å². The van der Waals surface area contributed by atoms with E-state index in [0.717, 1.165) is 60.9 Å². The molecule has 1 aliphatic rings. The van der Waals surface area contributed by atoms with Crippen molar-refractivity contribution in [1.29, 1.82) is 0 Å². The minimum Gasteiger partial charge on any atom is -0.362 e. The molecule has 6 nitrogen and oxygen atoms in total. The van der Waals surface area contributed by atoms with E-state index in [4.69, 9.17) is 9.97 Å². The van der Waals surface area contributed by atoms with E-state index < -0.39 is 0 Å². The molecule has 2 N–H and O–H groups in total. The zero-order chi connectivity index (χ0) is 23.9. The lowest BCUT2D eigenvalue weighted by Gasteiger charge is -2.29. The third-order valence-electron chi connectivity index (χ3n) is 6.77. The summed E-state index contributed by atoms with van der Waals surface area (Å²) < 4.78 is 0. The molecule has 6 heteroatoms. The molecule has 1 aromatic heterocycles. The standard InChI is InChI=1S/C28H37N5O/c1-4-5-8-20-11-15-22(16-12-20)27(34)29-19-21-13-17-23(18-14-21)30-28-31-25-10-7-6-9-24(25)26(32-28)33(2)3/h6-7,9-12,15-16,21,23H,4-5,8,13-14,17-19H2,1-3H3,(H,29,34)(H,30,31,32)/t21-,23+. The zero-order valence-electron chi connectivity index (χ0n) is 20.7. The Kier molecular flexibility index (Phi) is 7.99. The first-order valence-corrected chi connectivity index (χ1v) is 12.6. The second-order valence-corrected chi connectivity index (χ2v) is 9.65. The van der Waals surface area contributed by atoms with Crippen molar-refractivity contribution in [1.82, 2.24) is 15.3 Å². The van der Waals surface area contributed by atoms with Crippen LogP contribution in [0.3, 0.4) is 0 Å². The number of benzene rings is 2. The van der Waals surface area contributed by atoms with Gasteiger partial charge in [0.25, 0.3) is 5.91 Å². The minimum atomic E-state index is 0.0306. The Bertz CT molecular complexity index is 1090. The van der Waals surface area contributed by atoms with Crippen molar-refractivity contribution in [3.8, 4) is 0 Å². The number of rotatable bonds is 9. The van der Waals surface area contributed by atoms with E-state index in [0.29, 0.717) is 17.9 Å².